The van der Waals surface area contributed by atoms with Crippen LogP contribution in [-0.4, -0.2) is 33.1 Å². The van der Waals surface area contributed by atoms with Crippen molar-refractivity contribution in [1.29, 1.82) is 5.41 Å². The first-order valence-corrected chi connectivity index (χ1v) is 7.61. The number of esters is 1. The molecule has 0 bridgehead atoms. The van der Waals surface area contributed by atoms with E-state index in [1.807, 2.05) is 0 Å². The molecule has 2 aromatic carbocycles. The number of nitrogens with one attached hydrogen (secondary N) is 2. The Morgan fingerprint density at radius 2 is 1.67 bits per heavy atom. The SMILES string of the molecule is COC(=O)C(Nc1ccc(C(=N)N)cc1)c1cc(OC)c(OC)cc1F.Cl. The van der Waals surface area contributed by atoms with E-state index in [0.717, 1.165) is 6.07 Å². The van der Waals surface area contributed by atoms with E-state index in [-0.39, 0.29) is 35.3 Å². The van der Waals surface area contributed by atoms with Crippen LogP contribution >= 0.6 is 12.4 Å². The van der Waals surface area contributed by atoms with E-state index in [2.05, 4.69) is 5.32 Å². The lowest BCUT2D eigenvalue weighted by molar-refractivity contribution is -0.141. The zero-order chi connectivity index (χ0) is 19.3. The number of halogens is 2. The summed E-state index contributed by atoms with van der Waals surface area (Å²) in [5, 5.41) is 10.3. The monoisotopic (exact) mass is 397 g/mol. The van der Waals surface area contributed by atoms with Crippen molar-refractivity contribution in [2.24, 2.45) is 5.73 Å². The number of rotatable bonds is 7. The predicted molar refractivity (Wildman–Crippen MR) is 103 cm³/mol. The van der Waals surface area contributed by atoms with E-state index in [0.29, 0.717) is 11.3 Å². The number of nitrogens with two attached hydrogens (primary N) is 1. The number of benzene rings is 2. The molecule has 1 unspecified atom stereocenters. The summed E-state index contributed by atoms with van der Waals surface area (Å²) in [4.78, 5) is 12.2. The van der Waals surface area contributed by atoms with Crippen LogP contribution in [-0.2, 0) is 9.53 Å². The normalized spacial score (nSPS) is 11.0. The lowest BCUT2D eigenvalue weighted by atomic mass is 10.0. The zero-order valence-electron chi connectivity index (χ0n) is 15.0. The number of hydrogen-bond donors (Lipinski definition) is 3. The van der Waals surface area contributed by atoms with Gasteiger partial charge in [0.15, 0.2) is 17.5 Å². The molecule has 0 aromatic heterocycles. The van der Waals surface area contributed by atoms with Gasteiger partial charge in [0.2, 0.25) is 0 Å². The summed E-state index contributed by atoms with van der Waals surface area (Å²) in [6.45, 7) is 0. The Hall–Kier alpha value is -3.00. The van der Waals surface area contributed by atoms with Crippen molar-refractivity contribution >= 4 is 29.9 Å². The van der Waals surface area contributed by atoms with E-state index in [4.69, 9.17) is 25.4 Å². The van der Waals surface area contributed by atoms with Gasteiger partial charge < -0.3 is 25.3 Å². The second-order valence-corrected chi connectivity index (χ2v) is 5.32. The van der Waals surface area contributed by atoms with Crippen LogP contribution in [0.25, 0.3) is 0 Å². The second-order valence-electron chi connectivity index (χ2n) is 5.32. The fourth-order valence-electron chi connectivity index (χ4n) is 2.39. The predicted octanol–water partition coefficient (Wildman–Crippen LogP) is 2.87. The molecule has 0 saturated carbocycles. The van der Waals surface area contributed by atoms with Crippen LogP contribution in [0.5, 0.6) is 11.5 Å². The fraction of sp³-hybridized carbons (Fsp3) is 0.222. The number of ether oxygens (including phenoxy) is 3. The third-order valence-electron chi connectivity index (χ3n) is 3.76. The fourth-order valence-corrected chi connectivity index (χ4v) is 2.39. The molecule has 146 valence electrons. The molecule has 27 heavy (non-hydrogen) atoms. The summed E-state index contributed by atoms with van der Waals surface area (Å²) in [5.74, 6) is -0.903. The van der Waals surface area contributed by atoms with Crippen molar-refractivity contribution in [3.8, 4) is 11.5 Å². The standard InChI is InChI=1S/C18H20FN3O4.ClH/c1-24-14-8-12(13(19)9-15(14)25-2)16(18(23)26-3)22-11-6-4-10(5-7-11)17(20)21;/h4-9,16,22H,1-3H3,(H3,20,21);1H. The van der Waals surface area contributed by atoms with Gasteiger partial charge in [0.1, 0.15) is 11.7 Å². The summed E-state index contributed by atoms with van der Waals surface area (Å²) in [5.41, 5.74) is 6.52. The number of amidine groups is 1. The maximum absolute atomic E-state index is 14.5. The van der Waals surface area contributed by atoms with E-state index >= 15 is 0 Å². The molecule has 0 aliphatic rings. The molecular formula is C18H21ClFN3O4. The molecular weight excluding hydrogens is 377 g/mol. The van der Waals surface area contributed by atoms with E-state index in [9.17, 15) is 9.18 Å². The van der Waals surface area contributed by atoms with Gasteiger partial charge in [-0.1, -0.05) is 0 Å². The molecule has 2 rings (SSSR count). The van der Waals surface area contributed by atoms with Crippen LogP contribution in [0.3, 0.4) is 0 Å². The van der Waals surface area contributed by atoms with Crippen molar-refractivity contribution in [3.63, 3.8) is 0 Å². The number of carbonyl (C=O) groups is 1. The number of methoxy groups -OCH3 is 3. The smallest absolute Gasteiger partial charge is 0.333 e. The van der Waals surface area contributed by atoms with Gasteiger partial charge in [-0.15, -0.1) is 12.4 Å². The third-order valence-corrected chi connectivity index (χ3v) is 3.76. The van der Waals surface area contributed by atoms with Crippen molar-refractivity contribution in [2.45, 2.75) is 6.04 Å². The third kappa shape index (κ3) is 5.01. The first kappa shape index (κ1) is 22.0. The molecule has 0 spiro atoms. The summed E-state index contributed by atoms with van der Waals surface area (Å²) < 4.78 is 29.6. The highest BCUT2D eigenvalue weighted by Gasteiger charge is 2.26. The number of carbonyl (C=O) groups excluding carboxylic acids is 1. The quantitative estimate of drug-likeness (QED) is 0.377. The topological polar surface area (TPSA) is 107 Å². The van der Waals surface area contributed by atoms with Crippen molar-refractivity contribution in [1.82, 2.24) is 0 Å². The molecule has 0 aliphatic carbocycles. The van der Waals surface area contributed by atoms with Crippen molar-refractivity contribution in [3.05, 3.63) is 53.3 Å². The van der Waals surface area contributed by atoms with Gasteiger partial charge in [-0.05, 0) is 30.3 Å². The van der Waals surface area contributed by atoms with Crippen LogP contribution in [0.15, 0.2) is 36.4 Å². The van der Waals surface area contributed by atoms with Gasteiger partial charge in [-0.3, -0.25) is 5.41 Å². The Kier molecular flexibility index (Phi) is 7.86. The van der Waals surface area contributed by atoms with Crippen LogP contribution in [0.2, 0.25) is 0 Å². The largest absolute Gasteiger partial charge is 0.493 e. The highest BCUT2D eigenvalue weighted by atomic mass is 35.5. The zero-order valence-corrected chi connectivity index (χ0v) is 15.9. The lowest BCUT2D eigenvalue weighted by Crippen LogP contribution is -2.23. The summed E-state index contributed by atoms with van der Waals surface area (Å²) in [6.07, 6.45) is 0. The average molecular weight is 398 g/mol. The molecule has 1 atom stereocenters. The van der Waals surface area contributed by atoms with E-state index in [1.54, 1.807) is 24.3 Å². The van der Waals surface area contributed by atoms with Crippen molar-refractivity contribution in [2.75, 3.05) is 26.6 Å². The Labute approximate surface area is 162 Å². The van der Waals surface area contributed by atoms with Crippen molar-refractivity contribution < 1.29 is 23.4 Å². The van der Waals surface area contributed by atoms with Crippen LogP contribution in [0.4, 0.5) is 10.1 Å². The maximum atomic E-state index is 14.5. The van der Waals surface area contributed by atoms with Gasteiger partial charge in [0.05, 0.1) is 21.3 Å². The molecule has 0 aliphatic heterocycles. The number of nitrogen functional groups attached to an aromatic ring is 1. The van der Waals surface area contributed by atoms with Gasteiger partial charge in [0.25, 0.3) is 0 Å². The first-order chi connectivity index (χ1) is 12.4. The molecule has 9 heteroatoms. The molecule has 0 fully saturated rings. The van der Waals surface area contributed by atoms with Gasteiger partial charge >= 0.3 is 5.97 Å². The molecule has 7 nitrogen and oxygen atoms in total. The minimum Gasteiger partial charge on any atom is -0.493 e. The van der Waals surface area contributed by atoms with Gasteiger partial charge in [-0.2, -0.15) is 0 Å². The molecule has 0 saturated heterocycles. The van der Waals surface area contributed by atoms with E-state index in [1.165, 1.54) is 27.4 Å². The summed E-state index contributed by atoms with van der Waals surface area (Å²) in [7, 11) is 4.03. The van der Waals surface area contributed by atoms with Crippen LogP contribution < -0.4 is 20.5 Å². The molecule has 0 radical (unpaired) electrons. The molecule has 0 amide bonds. The number of hydrogen-bond acceptors (Lipinski definition) is 6. The summed E-state index contributed by atoms with van der Waals surface area (Å²) in [6, 6.07) is 7.91. The Balaban J connectivity index is 0.00000364. The maximum Gasteiger partial charge on any atom is 0.333 e. The highest BCUT2D eigenvalue weighted by molar-refractivity contribution is 5.95. The minimum absolute atomic E-state index is 0. The van der Waals surface area contributed by atoms with Crippen LogP contribution in [0.1, 0.15) is 17.2 Å². The van der Waals surface area contributed by atoms with Gasteiger partial charge in [0, 0.05) is 22.9 Å². The summed E-state index contributed by atoms with van der Waals surface area (Å²) >= 11 is 0. The van der Waals surface area contributed by atoms with Crippen LogP contribution in [0, 0.1) is 11.2 Å². The van der Waals surface area contributed by atoms with Gasteiger partial charge in [-0.25, -0.2) is 9.18 Å². The Morgan fingerprint density at radius 1 is 1.11 bits per heavy atom. The number of anilines is 1. The lowest BCUT2D eigenvalue weighted by Gasteiger charge is -2.20. The minimum atomic E-state index is -1.11. The Bertz CT molecular complexity index is 815. The molecule has 2 aromatic rings. The Morgan fingerprint density at radius 3 is 2.15 bits per heavy atom. The first-order valence-electron chi connectivity index (χ1n) is 7.61. The molecule has 4 N–H and O–H groups in total. The molecule has 0 heterocycles. The average Bonchev–Trinajstić information content (AvgIpc) is 2.65. The second kappa shape index (κ2) is 9.63. The highest BCUT2D eigenvalue weighted by Crippen LogP contribution is 2.34. The van der Waals surface area contributed by atoms with E-state index < -0.39 is 17.8 Å².